The van der Waals surface area contributed by atoms with Crippen molar-refractivity contribution in [3.63, 3.8) is 0 Å². The number of likely N-dealkylation sites (tertiary alicyclic amines) is 1. The molecule has 138 valence electrons. The summed E-state index contributed by atoms with van der Waals surface area (Å²) in [7, 11) is 0. The van der Waals surface area contributed by atoms with Crippen LogP contribution in [0.1, 0.15) is 60.1 Å². The molecular weight excluding hydrogens is 328 g/mol. The van der Waals surface area contributed by atoms with Gasteiger partial charge in [0.2, 0.25) is 5.91 Å². The van der Waals surface area contributed by atoms with Crippen LogP contribution in [-0.2, 0) is 22.4 Å². The number of rotatable bonds is 4. The lowest BCUT2D eigenvalue weighted by atomic mass is 9.95. The van der Waals surface area contributed by atoms with Gasteiger partial charge in [0.15, 0.2) is 0 Å². The fourth-order valence-electron chi connectivity index (χ4n) is 4.20. The average Bonchev–Trinajstić information content (AvgIpc) is 2.92. The van der Waals surface area contributed by atoms with Gasteiger partial charge in [0.1, 0.15) is 6.61 Å². The maximum atomic E-state index is 12.6. The molecular formula is C21H26N2O3. The maximum absolute atomic E-state index is 12.6. The third kappa shape index (κ3) is 3.35. The number of hydrogen-bond acceptors (Lipinski definition) is 3. The SMILES string of the molecule is O=C(OCCN1CCCCCC1=O)c1cccc2c3c([nH]c12)CCCC3. The van der Waals surface area contributed by atoms with Gasteiger partial charge in [-0.25, -0.2) is 4.79 Å². The van der Waals surface area contributed by atoms with E-state index >= 15 is 0 Å². The third-order valence-corrected chi connectivity index (χ3v) is 5.62. The van der Waals surface area contributed by atoms with Gasteiger partial charge in [-0.1, -0.05) is 18.6 Å². The smallest absolute Gasteiger partial charge is 0.340 e. The number of aromatic nitrogens is 1. The molecule has 0 unspecified atom stereocenters. The molecule has 2 aromatic rings. The van der Waals surface area contributed by atoms with Crippen LogP contribution in [0.25, 0.3) is 10.9 Å². The number of carbonyl (C=O) groups is 2. The molecule has 1 aliphatic heterocycles. The van der Waals surface area contributed by atoms with Crippen LogP contribution in [0, 0.1) is 0 Å². The number of esters is 1. The number of hydrogen-bond donors (Lipinski definition) is 1. The topological polar surface area (TPSA) is 62.4 Å². The zero-order valence-electron chi connectivity index (χ0n) is 15.2. The van der Waals surface area contributed by atoms with E-state index in [2.05, 4.69) is 11.1 Å². The largest absolute Gasteiger partial charge is 0.460 e. The second-order valence-corrected chi connectivity index (χ2v) is 7.34. The molecule has 1 saturated heterocycles. The minimum absolute atomic E-state index is 0.178. The molecule has 1 fully saturated rings. The Kier molecular flexibility index (Phi) is 4.96. The Morgan fingerprint density at radius 3 is 2.85 bits per heavy atom. The summed E-state index contributed by atoms with van der Waals surface area (Å²) in [4.78, 5) is 29.9. The quantitative estimate of drug-likeness (QED) is 0.853. The van der Waals surface area contributed by atoms with Crippen molar-refractivity contribution in [3.8, 4) is 0 Å². The summed E-state index contributed by atoms with van der Waals surface area (Å²) >= 11 is 0. The number of H-pyrrole nitrogens is 1. The van der Waals surface area contributed by atoms with E-state index in [0.717, 1.165) is 49.6 Å². The highest BCUT2D eigenvalue weighted by atomic mass is 16.5. The lowest BCUT2D eigenvalue weighted by Gasteiger charge is -2.20. The van der Waals surface area contributed by atoms with E-state index in [4.69, 9.17) is 4.74 Å². The number of ether oxygens (including phenoxy) is 1. The van der Waals surface area contributed by atoms with Crippen LogP contribution in [0.15, 0.2) is 18.2 Å². The summed E-state index contributed by atoms with van der Waals surface area (Å²) in [5, 5.41) is 1.15. The molecule has 1 aromatic carbocycles. The summed E-state index contributed by atoms with van der Waals surface area (Å²) in [6, 6.07) is 5.84. The first-order valence-electron chi connectivity index (χ1n) is 9.81. The van der Waals surface area contributed by atoms with Gasteiger partial charge in [0.05, 0.1) is 17.6 Å². The van der Waals surface area contributed by atoms with Crippen molar-refractivity contribution in [3.05, 3.63) is 35.0 Å². The predicted molar refractivity (Wildman–Crippen MR) is 100 cm³/mol. The van der Waals surface area contributed by atoms with Gasteiger partial charge in [0, 0.05) is 24.0 Å². The molecule has 1 N–H and O–H groups in total. The molecule has 0 spiro atoms. The zero-order valence-corrected chi connectivity index (χ0v) is 15.2. The number of nitrogens with one attached hydrogen (secondary N) is 1. The van der Waals surface area contributed by atoms with Crippen LogP contribution >= 0.6 is 0 Å². The van der Waals surface area contributed by atoms with Crippen molar-refractivity contribution in [2.75, 3.05) is 19.7 Å². The first-order valence-corrected chi connectivity index (χ1v) is 9.81. The lowest BCUT2D eigenvalue weighted by molar-refractivity contribution is -0.131. The second-order valence-electron chi connectivity index (χ2n) is 7.34. The van der Waals surface area contributed by atoms with Crippen LogP contribution in [0.3, 0.4) is 0 Å². The van der Waals surface area contributed by atoms with Crippen LogP contribution in [0.2, 0.25) is 0 Å². The zero-order chi connectivity index (χ0) is 17.9. The summed E-state index contributed by atoms with van der Waals surface area (Å²) in [6.45, 7) is 1.51. The minimum atomic E-state index is -0.309. The molecule has 0 atom stereocenters. The molecule has 26 heavy (non-hydrogen) atoms. The fraction of sp³-hybridized carbons (Fsp3) is 0.524. The van der Waals surface area contributed by atoms with Gasteiger partial charge < -0.3 is 14.6 Å². The van der Waals surface area contributed by atoms with Crippen LogP contribution in [-0.4, -0.2) is 41.5 Å². The van der Waals surface area contributed by atoms with Crippen LogP contribution in [0.4, 0.5) is 0 Å². The Morgan fingerprint density at radius 1 is 1.08 bits per heavy atom. The highest BCUT2D eigenvalue weighted by Crippen LogP contribution is 2.31. The molecule has 0 saturated carbocycles. The van der Waals surface area contributed by atoms with Crippen molar-refractivity contribution >= 4 is 22.8 Å². The van der Waals surface area contributed by atoms with Crippen LogP contribution < -0.4 is 0 Å². The lowest BCUT2D eigenvalue weighted by Crippen LogP contribution is -2.33. The van der Waals surface area contributed by atoms with Gasteiger partial charge in [-0.3, -0.25) is 4.79 Å². The number of para-hydroxylation sites is 1. The van der Waals surface area contributed by atoms with E-state index in [0.29, 0.717) is 18.5 Å². The summed E-state index contributed by atoms with van der Waals surface area (Å²) < 4.78 is 5.51. The van der Waals surface area contributed by atoms with E-state index < -0.39 is 0 Å². The van der Waals surface area contributed by atoms with Crippen molar-refractivity contribution in [2.45, 2.75) is 51.4 Å². The number of aromatic amines is 1. The average molecular weight is 354 g/mol. The van der Waals surface area contributed by atoms with Crippen LogP contribution in [0.5, 0.6) is 0 Å². The predicted octanol–water partition coefficient (Wildman–Crippen LogP) is 3.61. The van der Waals surface area contributed by atoms with E-state index in [1.807, 2.05) is 17.0 Å². The molecule has 0 radical (unpaired) electrons. The Labute approximate surface area is 153 Å². The van der Waals surface area contributed by atoms with Gasteiger partial charge in [-0.15, -0.1) is 0 Å². The molecule has 1 aromatic heterocycles. The Balaban J connectivity index is 1.45. The normalized spacial score (nSPS) is 17.8. The first kappa shape index (κ1) is 17.1. The number of amides is 1. The van der Waals surface area contributed by atoms with Crippen molar-refractivity contribution in [2.24, 2.45) is 0 Å². The second kappa shape index (κ2) is 7.52. The first-order chi connectivity index (χ1) is 12.7. The van der Waals surface area contributed by atoms with E-state index in [1.165, 1.54) is 24.1 Å². The molecule has 4 rings (SSSR count). The monoisotopic (exact) mass is 354 g/mol. The Morgan fingerprint density at radius 2 is 1.92 bits per heavy atom. The maximum Gasteiger partial charge on any atom is 0.340 e. The Bertz CT molecular complexity index is 824. The standard InChI is InChI=1S/C21H26N2O3/c24-19-11-2-1-5-12-23(19)13-14-26-21(25)17-9-6-8-16-15-7-3-4-10-18(15)22-20(16)17/h6,8-9,22H,1-5,7,10-14H2. The van der Waals surface area contributed by atoms with E-state index in [-0.39, 0.29) is 18.5 Å². The van der Waals surface area contributed by atoms with Gasteiger partial charge in [-0.05, 0) is 50.2 Å². The number of benzene rings is 1. The number of fused-ring (bicyclic) bond motifs is 3. The Hall–Kier alpha value is -2.30. The number of nitrogens with zero attached hydrogens (tertiary/aromatic N) is 1. The molecule has 2 heterocycles. The number of aryl methyl sites for hydroxylation is 2. The van der Waals surface area contributed by atoms with Gasteiger partial charge in [-0.2, -0.15) is 0 Å². The van der Waals surface area contributed by atoms with Gasteiger partial charge in [0.25, 0.3) is 0 Å². The summed E-state index contributed by atoms with van der Waals surface area (Å²) in [6.07, 6.45) is 8.24. The molecule has 5 heteroatoms. The van der Waals surface area contributed by atoms with Crippen molar-refractivity contribution < 1.29 is 14.3 Å². The summed E-state index contributed by atoms with van der Waals surface area (Å²) in [5.41, 5.74) is 4.12. The van der Waals surface area contributed by atoms with E-state index in [9.17, 15) is 9.59 Å². The van der Waals surface area contributed by atoms with Crippen molar-refractivity contribution in [1.82, 2.24) is 9.88 Å². The van der Waals surface area contributed by atoms with Gasteiger partial charge >= 0.3 is 5.97 Å². The molecule has 5 nitrogen and oxygen atoms in total. The fourth-order valence-corrected chi connectivity index (χ4v) is 4.20. The summed E-state index contributed by atoms with van der Waals surface area (Å²) in [5.74, 6) is -0.130. The highest BCUT2D eigenvalue weighted by molar-refractivity contribution is 6.04. The third-order valence-electron chi connectivity index (χ3n) is 5.62. The minimum Gasteiger partial charge on any atom is -0.460 e. The molecule has 0 bridgehead atoms. The highest BCUT2D eigenvalue weighted by Gasteiger charge is 2.21. The molecule has 1 amide bonds. The van der Waals surface area contributed by atoms with Crippen molar-refractivity contribution in [1.29, 1.82) is 0 Å². The van der Waals surface area contributed by atoms with E-state index in [1.54, 1.807) is 0 Å². The molecule has 1 aliphatic carbocycles. The number of carbonyl (C=O) groups excluding carboxylic acids is 2. The molecule has 2 aliphatic rings.